The molecule has 0 spiro atoms. The Morgan fingerprint density at radius 1 is 0.947 bits per heavy atom. The minimum atomic E-state index is -0.185. The summed E-state index contributed by atoms with van der Waals surface area (Å²) in [4.78, 5) is 0. The van der Waals surface area contributed by atoms with Gasteiger partial charge >= 0.3 is 0 Å². The zero-order chi connectivity index (χ0) is 13.5. The summed E-state index contributed by atoms with van der Waals surface area (Å²) in [5.41, 5.74) is 8.32. The van der Waals surface area contributed by atoms with Crippen LogP contribution in [0.5, 0.6) is 0 Å². The van der Waals surface area contributed by atoms with E-state index in [0.29, 0.717) is 18.5 Å². The van der Waals surface area contributed by atoms with E-state index < -0.39 is 0 Å². The topological polar surface area (TPSA) is 38.0 Å². The van der Waals surface area contributed by atoms with Gasteiger partial charge in [-0.05, 0) is 37.1 Å². The molecule has 0 saturated carbocycles. The Labute approximate surface area is 113 Å². The Balaban J connectivity index is 1.97. The third kappa shape index (κ3) is 3.80. The zero-order valence-electron chi connectivity index (χ0n) is 10.9. The van der Waals surface area contributed by atoms with E-state index in [-0.39, 0.29) is 5.82 Å². The summed E-state index contributed by atoms with van der Waals surface area (Å²) in [6.45, 7) is 1.24. The van der Waals surface area contributed by atoms with E-state index in [9.17, 15) is 4.39 Å². The molecule has 0 amide bonds. The van der Waals surface area contributed by atoms with Gasteiger partial charge in [0.05, 0.1) is 0 Å². The number of nitrogens with one attached hydrogen (secondary N) is 1. The number of rotatable bonds is 6. The molecule has 0 aliphatic heterocycles. The Morgan fingerprint density at radius 2 is 1.74 bits per heavy atom. The van der Waals surface area contributed by atoms with Crippen LogP contribution in [-0.2, 0) is 12.8 Å². The molecule has 3 heteroatoms. The minimum Gasteiger partial charge on any atom is -0.384 e. The lowest BCUT2D eigenvalue weighted by atomic mass is 10.1. The highest BCUT2D eigenvalue weighted by atomic mass is 19.1. The van der Waals surface area contributed by atoms with Crippen molar-refractivity contribution < 1.29 is 4.39 Å². The molecule has 19 heavy (non-hydrogen) atoms. The molecule has 0 aliphatic carbocycles. The standard InChI is InChI=1S/C16H19FN2/c17-15-7-4-8-16(14(15)9-11-18)19-12-10-13-5-2-1-3-6-13/h1-8,19H,9-12,18H2. The average Bonchev–Trinajstić information content (AvgIpc) is 2.44. The van der Waals surface area contributed by atoms with Gasteiger partial charge in [-0.2, -0.15) is 0 Å². The van der Waals surface area contributed by atoms with Crippen LogP contribution < -0.4 is 11.1 Å². The Kier molecular flexibility index (Phi) is 4.93. The summed E-state index contributed by atoms with van der Waals surface area (Å²) in [5.74, 6) is -0.185. The smallest absolute Gasteiger partial charge is 0.128 e. The maximum atomic E-state index is 13.7. The predicted octanol–water partition coefficient (Wildman–Crippen LogP) is 2.98. The van der Waals surface area contributed by atoms with Crippen LogP contribution in [0, 0.1) is 5.82 Å². The lowest BCUT2D eigenvalue weighted by molar-refractivity contribution is 0.610. The number of hydrogen-bond donors (Lipinski definition) is 2. The highest BCUT2D eigenvalue weighted by Gasteiger charge is 2.06. The molecular formula is C16H19FN2. The van der Waals surface area contributed by atoms with Crippen molar-refractivity contribution in [2.45, 2.75) is 12.8 Å². The fraction of sp³-hybridized carbons (Fsp3) is 0.250. The highest BCUT2D eigenvalue weighted by Crippen LogP contribution is 2.19. The van der Waals surface area contributed by atoms with Crippen LogP contribution in [0.25, 0.3) is 0 Å². The van der Waals surface area contributed by atoms with Crippen molar-refractivity contribution in [2.75, 3.05) is 18.4 Å². The summed E-state index contributed by atoms with van der Waals surface area (Å²) >= 11 is 0. The van der Waals surface area contributed by atoms with Gasteiger partial charge in [-0.15, -0.1) is 0 Å². The van der Waals surface area contributed by atoms with Crippen molar-refractivity contribution in [3.8, 4) is 0 Å². The molecule has 0 unspecified atom stereocenters. The van der Waals surface area contributed by atoms with E-state index in [2.05, 4.69) is 17.4 Å². The predicted molar refractivity (Wildman–Crippen MR) is 77.8 cm³/mol. The van der Waals surface area contributed by atoms with E-state index in [1.807, 2.05) is 24.3 Å². The first-order chi connectivity index (χ1) is 9.31. The first kappa shape index (κ1) is 13.6. The number of benzene rings is 2. The van der Waals surface area contributed by atoms with Crippen molar-refractivity contribution in [3.05, 3.63) is 65.5 Å². The van der Waals surface area contributed by atoms with E-state index in [1.165, 1.54) is 11.6 Å². The molecule has 0 atom stereocenters. The van der Waals surface area contributed by atoms with E-state index >= 15 is 0 Å². The molecule has 0 radical (unpaired) electrons. The quantitative estimate of drug-likeness (QED) is 0.836. The van der Waals surface area contributed by atoms with Gasteiger partial charge in [-0.3, -0.25) is 0 Å². The Morgan fingerprint density at radius 3 is 2.47 bits per heavy atom. The first-order valence-electron chi connectivity index (χ1n) is 6.56. The van der Waals surface area contributed by atoms with Gasteiger partial charge in [0.2, 0.25) is 0 Å². The molecule has 3 N–H and O–H groups in total. The maximum Gasteiger partial charge on any atom is 0.128 e. The Bertz CT molecular complexity index is 511. The average molecular weight is 258 g/mol. The molecule has 0 fully saturated rings. The van der Waals surface area contributed by atoms with Gasteiger partial charge in [0.25, 0.3) is 0 Å². The van der Waals surface area contributed by atoms with Gasteiger partial charge in [0.1, 0.15) is 5.82 Å². The highest BCUT2D eigenvalue weighted by molar-refractivity contribution is 5.52. The molecule has 2 rings (SSSR count). The third-order valence-electron chi connectivity index (χ3n) is 3.09. The molecular weight excluding hydrogens is 239 g/mol. The van der Waals surface area contributed by atoms with Crippen LogP contribution in [0.15, 0.2) is 48.5 Å². The second-order valence-electron chi connectivity index (χ2n) is 4.47. The minimum absolute atomic E-state index is 0.185. The molecule has 0 aromatic heterocycles. The fourth-order valence-electron chi connectivity index (χ4n) is 2.11. The van der Waals surface area contributed by atoms with Gasteiger partial charge in [-0.25, -0.2) is 4.39 Å². The van der Waals surface area contributed by atoms with Gasteiger partial charge in [0, 0.05) is 17.8 Å². The fourth-order valence-corrected chi connectivity index (χ4v) is 2.11. The lowest BCUT2D eigenvalue weighted by Crippen LogP contribution is -2.11. The van der Waals surface area contributed by atoms with E-state index in [1.54, 1.807) is 6.07 Å². The van der Waals surface area contributed by atoms with Crippen molar-refractivity contribution in [3.63, 3.8) is 0 Å². The van der Waals surface area contributed by atoms with Crippen molar-refractivity contribution in [2.24, 2.45) is 5.73 Å². The van der Waals surface area contributed by atoms with Crippen molar-refractivity contribution in [1.29, 1.82) is 0 Å². The van der Waals surface area contributed by atoms with Gasteiger partial charge in [0.15, 0.2) is 0 Å². The number of halogens is 1. The first-order valence-corrected chi connectivity index (χ1v) is 6.56. The van der Waals surface area contributed by atoms with Crippen LogP contribution >= 0.6 is 0 Å². The largest absolute Gasteiger partial charge is 0.384 e. The van der Waals surface area contributed by atoms with Crippen LogP contribution in [0.3, 0.4) is 0 Å². The molecule has 0 bridgehead atoms. The Hall–Kier alpha value is -1.87. The number of nitrogens with two attached hydrogens (primary N) is 1. The van der Waals surface area contributed by atoms with Gasteiger partial charge < -0.3 is 11.1 Å². The molecule has 2 aromatic carbocycles. The number of hydrogen-bond acceptors (Lipinski definition) is 2. The second-order valence-corrected chi connectivity index (χ2v) is 4.47. The van der Waals surface area contributed by atoms with Crippen molar-refractivity contribution in [1.82, 2.24) is 0 Å². The van der Waals surface area contributed by atoms with Gasteiger partial charge in [-0.1, -0.05) is 36.4 Å². The van der Waals surface area contributed by atoms with E-state index in [4.69, 9.17) is 5.73 Å². The number of anilines is 1. The van der Waals surface area contributed by atoms with Crippen LogP contribution in [0.2, 0.25) is 0 Å². The summed E-state index contributed by atoms with van der Waals surface area (Å²) < 4.78 is 13.7. The molecule has 0 saturated heterocycles. The lowest BCUT2D eigenvalue weighted by Gasteiger charge is -2.12. The zero-order valence-corrected chi connectivity index (χ0v) is 10.9. The summed E-state index contributed by atoms with van der Waals surface area (Å²) in [7, 11) is 0. The monoisotopic (exact) mass is 258 g/mol. The summed E-state index contributed by atoms with van der Waals surface area (Å²) in [5, 5.41) is 3.29. The molecule has 2 nitrogen and oxygen atoms in total. The SMILES string of the molecule is NCCc1c(F)cccc1NCCc1ccccc1. The van der Waals surface area contributed by atoms with Crippen molar-refractivity contribution >= 4 is 5.69 Å². The third-order valence-corrected chi connectivity index (χ3v) is 3.09. The normalized spacial score (nSPS) is 10.4. The maximum absolute atomic E-state index is 13.7. The second kappa shape index (κ2) is 6.90. The summed E-state index contributed by atoms with van der Waals surface area (Å²) in [6.07, 6.45) is 1.47. The summed E-state index contributed by atoms with van der Waals surface area (Å²) in [6, 6.07) is 15.3. The van der Waals surface area contributed by atoms with Crippen LogP contribution in [0.1, 0.15) is 11.1 Å². The molecule has 0 heterocycles. The van der Waals surface area contributed by atoms with Crippen LogP contribution in [0.4, 0.5) is 10.1 Å². The van der Waals surface area contributed by atoms with E-state index in [0.717, 1.165) is 18.7 Å². The van der Waals surface area contributed by atoms with Crippen LogP contribution in [-0.4, -0.2) is 13.1 Å². The molecule has 0 aliphatic rings. The molecule has 2 aromatic rings. The molecule has 100 valence electrons.